The van der Waals surface area contributed by atoms with Crippen LogP contribution in [0.15, 0.2) is 18.6 Å². The molecule has 10 nitrogen and oxygen atoms in total. The van der Waals surface area contributed by atoms with E-state index in [9.17, 15) is 9.90 Å². The summed E-state index contributed by atoms with van der Waals surface area (Å²) in [6.07, 6.45) is 5.53. The molecule has 1 aliphatic carbocycles. The van der Waals surface area contributed by atoms with Crippen LogP contribution >= 0.6 is 11.5 Å². The van der Waals surface area contributed by atoms with E-state index in [1.54, 1.807) is 6.33 Å². The first-order valence-electron chi connectivity index (χ1n) is 9.18. The minimum absolute atomic E-state index is 0.180. The van der Waals surface area contributed by atoms with Gasteiger partial charge in [0, 0.05) is 43.9 Å². The number of carbonyl (C=O) groups excluding carboxylic acids is 1. The Kier molecular flexibility index (Phi) is 4.04. The standard InChI is InChI=1S/C17H20N8O2S/c1-24(14-12-2-3-18-13(12)19-8-20-14)11-4-9-6-25(7-10(9)5-11)17(27)22-16-21-15(26)23-28-16/h2-3,8-11H,4-7H2,1H3,(H,18,19,20)(H2,21,22,23,26,27)/t9-,10+,11-. The van der Waals surface area contributed by atoms with Crippen LogP contribution in [0.2, 0.25) is 0 Å². The van der Waals surface area contributed by atoms with Gasteiger partial charge in [0.05, 0.1) is 5.39 Å². The molecule has 1 saturated carbocycles. The van der Waals surface area contributed by atoms with Crippen molar-refractivity contribution >= 4 is 39.5 Å². The van der Waals surface area contributed by atoms with Crippen LogP contribution in [0.5, 0.6) is 6.01 Å². The third-order valence-corrected chi connectivity index (χ3v) is 6.48. The van der Waals surface area contributed by atoms with Crippen LogP contribution in [0, 0.1) is 11.8 Å². The van der Waals surface area contributed by atoms with Crippen LogP contribution in [0.3, 0.4) is 0 Å². The van der Waals surface area contributed by atoms with Crippen molar-refractivity contribution in [3.05, 3.63) is 18.6 Å². The van der Waals surface area contributed by atoms with E-state index in [2.05, 4.69) is 41.6 Å². The van der Waals surface area contributed by atoms with Crippen molar-refractivity contribution < 1.29 is 9.90 Å². The van der Waals surface area contributed by atoms with Gasteiger partial charge in [0.2, 0.25) is 5.13 Å². The monoisotopic (exact) mass is 400 g/mol. The van der Waals surface area contributed by atoms with Crippen molar-refractivity contribution in [1.82, 2.24) is 29.2 Å². The molecule has 3 N–H and O–H groups in total. The molecular formula is C17H20N8O2S. The lowest BCUT2D eigenvalue weighted by molar-refractivity contribution is 0.218. The fourth-order valence-corrected chi connectivity index (χ4v) is 4.96. The first-order valence-corrected chi connectivity index (χ1v) is 9.95. The van der Waals surface area contributed by atoms with Crippen LogP contribution < -0.4 is 10.2 Å². The molecule has 1 aliphatic heterocycles. The summed E-state index contributed by atoms with van der Waals surface area (Å²) in [5, 5.41) is 13.3. The topological polar surface area (TPSA) is 123 Å². The summed E-state index contributed by atoms with van der Waals surface area (Å²) in [5.41, 5.74) is 0.848. The lowest BCUT2D eigenvalue weighted by atomic mass is 10.0. The van der Waals surface area contributed by atoms with Crippen molar-refractivity contribution in [2.45, 2.75) is 18.9 Å². The van der Waals surface area contributed by atoms with Gasteiger partial charge in [-0.15, -0.1) is 4.37 Å². The molecule has 4 heterocycles. The molecule has 28 heavy (non-hydrogen) atoms. The van der Waals surface area contributed by atoms with Gasteiger partial charge in [0.1, 0.15) is 17.8 Å². The van der Waals surface area contributed by atoms with Gasteiger partial charge in [-0.1, -0.05) is 0 Å². The van der Waals surface area contributed by atoms with Crippen LogP contribution in [-0.2, 0) is 0 Å². The van der Waals surface area contributed by atoms with Gasteiger partial charge in [-0.2, -0.15) is 4.98 Å². The summed E-state index contributed by atoms with van der Waals surface area (Å²) >= 11 is 0.971. The number of aromatic amines is 1. The maximum Gasteiger partial charge on any atom is 0.327 e. The van der Waals surface area contributed by atoms with Crippen molar-refractivity contribution in [2.75, 3.05) is 30.4 Å². The van der Waals surface area contributed by atoms with E-state index in [0.717, 1.165) is 54.3 Å². The van der Waals surface area contributed by atoms with Crippen LogP contribution in [0.1, 0.15) is 12.8 Å². The molecule has 2 aliphatic rings. The van der Waals surface area contributed by atoms with E-state index in [4.69, 9.17) is 0 Å². The normalized spacial score (nSPS) is 23.9. The van der Waals surface area contributed by atoms with Crippen molar-refractivity contribution in [3.63, 3.8) is 0 Å². The zero-order valence-electron chi connectivity index (χ0n) is 15.2. The number of nitrogens with zero attached hydrogens (tertiary/aromatic N) is 6. The Morgan fingerprint density at radius 2 is 2.14 bits per heavy atom. The Labute approximate surface area is 164 Å². The van der Waals surface area contributed by atoms with Gasteiger partial charge in [-0.05, 0) is 30.7 Å². The SMILES string of the molecule is CN(c1ncnc2[nH]ccc12)[C@@H]1C[C@@H]2CN(C(=O)Nc3nc(O)ns3)C[C@@H]2C1. The quantitative estimate of drug-likeness (QED) is 0.613. The number of rotatable bonds is 3. The van der Waals surface area contributed by atoms with E-state index in [1.807, 2.05) is 17.2 Å². The number of hydrogen-bond acceptors (Lipinski definition) is 8. The Morgan fingerprint density at radius 3 is 2.86 bits per heavy atom. The summed E-state index contributed by atoms with van der Waals surface area (Å²) in [7, 11) is 2.09. The zero-order valence-corrected chi connectivity index (χ0v) is 16.1. The predicted octanol–water partition coefficient (Wildman–Crippen LogP) is 1.89. The predicted molar refractivity (Wildman–Crippen MR) is 104 cm³/mol. The van der Waals surface area contributed by atoms with Crippen molar-refractivity contribution in [1.29, 1.82) is 0 Å². The second kappa shape index (κ2) is 6.59. The number of nitrogens with one attached hydrogen (secondary N) is 2. The van der Waals surface area contributed by atoms with E-state index >= 15 is 0 Å². The molecule has 11 heteroatoms. The number of anilines is 2. The van der Waals surface area contributed by atoms with E-state index in [1.165, 1.54) is 0 Å². The van der Waals surface area contributed by atoms with Gasteiger partial charge in [-0.3, -0.25) is 5.32 Å². The number of likely N-dealkylation sites (tertiary alicyclic amines) is 1. The maximum absolute atomic E-state index is 12.5. The highest BCUT2D eigenvalue weighted by Gasteiger charge is 2.44. The largest absolute Gasteiger partial charge is 0.478 e. The van der Waals surface area contributed by atoms with Crippen LogP contribution in [0.25, 0.3) is 11.0 Å². The molecule has 0 radical (unpaired) electrons. The van der Waals surface area contributed by atoms with Crippen LogP contribution in [-0.4, -0.2) is 66.5 Å². The van der Waals surface area contributed by atoms with E-state index in [0.29, 0.717) is 23.0 Å². The lowest BCUT2D eigenvalue weighted by Gasteiger charge is -2.27. The summed E-state index contributed by atoms with van der Waals surface area (Å²) in [5.74, 6) is 1.90. The highest BCUT2D eigenvalue weighted by atomic mass is 32.1. The molecule has 0 unspecified atom stereocenters. The number of hydrogen-bond donors (Lipinski definition) is 3. The number of carbonyl (C=O) groups is 1. The van der Waals surface area contributed by atoms with Gasteiger partial charge < -0.3 is 19.9 Å². The van der Waals surface area contributed by atoms with Gasteiger partial charge >= 0.3 is 12.0 Å². The fraction of sp³-hybridized carbons (Fsp3) is 0.471. The molecule has 1 saturated heterocycles. The zero-order chi connectivity index (χ0) is 19.3. The molecule has 2 amide bonds. The number of fused-ring (bicyclic) bond motifs is 2. The highest BCUT2D eigenvalue weighted by molar-refractivity contribution is 7.10. The number of amides is 2. The Bertz CT molecular complexity index is 1010. The smallest absolute Gasteiger partial charge is 0.327 e. The van der Waals surface area contributed by atoms with E-state index in [-0.39, 0.29) is 12.0 Å². The molecule has 0 spiro atoms. The molecule has 0 aromatic carbocycles. The first kappa shape index (κ1) is 17.2. The molecule has 3 aromatic rings. The molecule has 0 bridgehead atoms. The summed E-state index contributed by atoms with van der Waals surface area (Å²) < 4.78 is 3.66. The second-order valence-electron chi connectivity index (χ2n) is 7.43. The number of aromatic nitrogens is 5. The Morgan fingerprint density at radius 1 is 1.36 bits per heavy atom. The highest BCUT2D eigenvalue weighted by Crippen LogP contribution is 2.41. The second-order valence-corrected chi connectivity index (χ2v) is 8.18. The molecular weight excluding hydrogens is 380 g/mol. The minimum Gasteiger partial charge on any atom is -0.478 e. The lowest BCUT2D eigenvalue weighted by Crippen LogP contribution is -2.36. The third-order valence-electron chi connectivity index (χ3n) is 5.86. The average molecular weight is 400 g/mol. The molecule has 2 fully saturated rings. The maximum atomic E-state index is 12.5. The Balaban J connectivity index is 1.23. The number of H-pyrrole nitrogens is 1. The minimum atomic E-state index is -0.314. The number of aromatic hydroxyl groups is 1. The Hall–Kier alpha value is -2.95. The third kappa shape index (κ3) is 2.91. The average Bonchev–Trinajstić information content (AvgIpc) is 3.43. The van der Waals surface area contributed by atoms with Gasteiger partial charge in [-0.25, -0.2) is 14.8 Å². The summed E-state index contributed by atoms with van der Waals surface area (Å²) in [6.45, 7) is 1.46. The summed E-state index contributed by atoms with van der Waals surface area (Å²) in [6, 6.07) is 1.91. The van der Waals surface area contributed by atoms with Crippen molar-refractivity contribution in [3.8, 4) is 6.01 Å². The fourth-order valence-electron chi connectivity index (χ4n) is 4.50. The summed E-state index contributed by atoms with van der Waals surface area (Å²) in [4.78, 5) is 32.2. The van der Waals surface area contributed by atoms with Crippen LogP contribution in [0.4, 0.5) is 15.7 Å². The van der Waals surface area contributed by atoms with E-state index < -0.39 is 0 Å². The molecule has 5 rings (SSSR count). The van der Waals surface area contributed by atoms with Crippen molar-refractivity contribution in [2.24, 2.45) is 11.8 Å². The molecule has 3 aromatic heterocycles. The first-order chi connectivity index (χ1) is 13.6. The molecule has 146 valence electrons. The molecule has 3 atom stereocenters. The van der Waals surface area contributed by atoms with Gasteiger partial charge in [0.15, 0.2) is 0 Å². The number of urea groups is 1. The van der Waals surface area contributed by atoms with Gasteiger partial charge in [0.25, 0.3) is 0 Å².